The molecule has 0 saturated heterocycles. The highest BCUT2D eigenvalue weighted by molar-refractivity contribution is 5.79. The van der Waals surface area contributed by atoms with E-state index in [2.05, 4.69) is 0 Å². The zero-order valence-corrected chi connectivity index (χ0v) is 7.93. The summed E-state index contributed by atoms with van der Waals surface area (Å²) in [6.45, 7) is 1.74. The first-order chi connectivity index (χ1) is 6.65. The number of hydrogen-bond donors (Lipinski definition) is 0. The smallest absolute Gasteiger partial charge is 0.169 e. The molecule has 0 aliphatic carbocycles. The van der Waals surface area contributed by atoms with Crippen LogP contribution in [-0.4, -0.2) is 13.4 Å². The molecule has 0 atom stereocenters. The molecule has 76 valence electrons. The molecule has 0 unspecified atom stereocenters. The molecule has 1 rings (SSSR count). The predicted molar refractivity (Wildman–Crippen MR) is 47.7 cm³/mol. The monoisotopic (exact) mass is 200 g/mol. The lowest BCUT2D eigenvalue weighted by Crippen LogP contribution is -2.02. The molecular formula is C10H10F2O2. The summed E-state index contributed by atoms with van der Waals surface area (Å²) in [6.07, 6.45) is 0.716. The number of hydrogen-bond acceptors (Lipinski definition) is 2. The van der Waals surface area contributed by atoms with Crippen molar-refractivity contribution in [3.05, 3.63) is 28.8 Å². The molecular weight excluding hydrogens is 190 g/mol. The summed E-state index contributed by atoms with van der Waals surface area (Å²) in [7, 11) is 1.35. The minimum atomic E-state index is -1.11. The van der Waals surface area contributed by atoms with E-state index in [0.717, 1.165) is 6.07 Å². The highest BCUT2D eigenvalue weighted by Crippen LogP contribution is 2.26. The van der Waals surface area contributed by atoms with E-state index in [1.165, 1.54) is 7.11 Å². The van der Waals surface area contributed by atoms with Gasteiger partial charge in [0.15, 0.2) is 17.9 Å². The van der Waals surface area contributed by atoms with Crippen LogP contribution in [0.15, 0.2) is 6.07 Å². The standard InChI is InChI=1S/C10H10F2O2/c1-3-6-7(5-13)10(12)8(11)4-9(6)14-2/h4-5H,3H2,1-2H3. The molecule has 0 amide bonds. The maximum absolute atomic E-state index is 13.1. The minimum absolute atomic E-state index is 0.202. The summed E-state index contributed by atoms with van der Waals surface area (Å²) in [5.41, 5.74) is 0.130. The third kappa shape index (κ3) is 1.60. The second-order valence-corrected chi connectivity index (χ2v) is 2.74. The molecule has 0 aliphatic heterocycles. The molecule has 0 spiro atoms. The van der Waals surface area contributed by atoms with Gasteiger partial charge in [0, 0.05) is 11.6 Å². The molecule has 0 saturated carbocycles. The van der Waals surface area contributed by atoms with Crippen LogP contribution in [0.25, 0.3) is 0 Å². The van der Waals surface area contributed by atoms with Crippen LogP contribution in [0.4, 0.5) is 8.78 Å². The Bertz CT molecular complexity index is 362. The van der Waals surface area contributed by atoms with Gasteiger partial charge in [-0.05, 0) is 6.42 Å². The Morgan fingerprint density at radius 3 is 2.57 bits per heavy atom. The van der Waals surface area contributed by atoms with Crippen molar-refractivity contribution in [1.29, 1.82) is 0 Å². The van der Waals surface area contributed by atoms with Crippen LogP contribution in [0.1, 0.15) is 22.8 Å². The van der Waals surface area contributed by atoms with Crippen LogP contribution in [0.5, 0.6) is 5.75 Å². The SMILES string of the molecule is CCc1c(OC)cc(F)c(F)c1C=O. The lowest BCUT2D eigenvalue weighted by Gasteiger charge is -2.10. The normalized spacial score (nSPS) is 10.0. The van der Waals surface area contributed by atoms with E-state index in [9.17, 15) is 13.6 Å². The maximum Gasteiger partial charge on any atom is 0.169 e. The Morgan fingerprint density at radius 2 is 2.14 bits per heavy atom. The van der Waals surface area contributed by atoms with Gasteiger partial charge in [0.1, 0.15) is 5.75 Å². The fourth-order valence-corrected chi connectivity index (χ4v) is 1.33. The molecule has 1 aromatic rings. The molecule has 14 heavy (non-hydrogen) atoms. The maximum atomic E-state index is 13.1. The van der Waals surface area contributed by atoms with Crippen LogP contribution in [-0.2, 0) is 6.42 Å². The highest BCUT2D eigenvalue weighted by atomic mass is 19.2. The van der Waals surface area contributed by atoms with Crippen LogP contribution in [0.2, 0.25) is 0 Å². The molecule has 0 radical (unpaired) electrons. The molecule has 2 nitrogen and oxygen atoms in total. The second-order valence-electron chi connectivity index (χ2n) is 2.74. The minimum Gasteiger partial charge on any atom is -0.496 e. The molecule has 0 aliphatic rings. The summed E-state index contributed by atoms with van der Waals surface area (Å²) in [5.74, 6) is -1.98. The van der Waals surface area contributed by atoms with Crippen molar-refractivity contribution in [2.75, 3.05) is 7.11 Å². The van der Waals surface area contributed by atoms with Crippen LogP contribution >= 0.6 is 0 Å². The summed E-state index contributed by atoms with van der Waals surface area (Å²) < 4.78 is 30.9. The third-order valence-corrected chi connectivity index (χ3v) is 2.02. The van der Waals surface area contributed by atoms with Gasteiger partial charge in [0.25, 0.3) is 0 Å². The van der Waals surface area contributed by atoms with Gasteiger partial charge < -0.3 is 4.74 Å². The Labute approximate surface area is 80.5 Å². The van der Waals surface area contributed by atoms with Crippen molar-refractivity contribution in [2.24, 2.45) is 0 Å². The lowest BCUT2D eigenvalue weighted by molar-refractivity contribution is 0.111. The first-order valence-electron chi connectivity index (χ1n) is 4.15. The van der Waals surface area contributed by atoms with Gasteiger partial charge in [-0.15, -0.1) is 0 Å². The lowest BCUT2D eigenvalue weighted by atomic mass is 10.0. The van der Waals surface area contributed by atoms with Crippen LogP contribution < -0.4 is 4.74 Å². The number of ether oxygens (including phenoxy) is 1. The molecule has 0 fully saturated rings. The predicted octanol–water partition coefficient (Wildman–Crippen LogP) is 2.35. The van der Waals surface area contributed by atoms with Gasteiger partial charge in [-0.25, -0.2) is 8.78 Å². The van der Waals surface area contributed by atoms with Gasteiger partial charge in [-0.1, -0.05) is 6.92 Å². The molecule has 1 aromatic carbocycles. The van der Waals surface area contributed by atoms with E-state index < -0.39 is 11.6 Å². The van der Waals surface area contributed by atoms with Gasteiger partial charge in [0.2, 0.25) is 0 Å². The fraction of sp³-hybridized carbons (Fsp3) is 0.300. The first kappa shape index (κ1) is 10.6. The average Bonchev–Trinajstić information content (AvgIpc) is 2.20. The summed E-state index contributed by atoms with van der Waals surface area (Å²) in [5, 5.41) is 0. The quantitative estimate of drug-likeness (QED) is 0.700. The summed E-state index contributed by atoms with van der Waals surface area (Å²) in [6, 6.07) is 0.946. The molecule has 0 bridgehead atoms. The number of methoxy groups -OCH3 is 1. The number of carbonyl (C=O) groups excluding carboxylic acids is 1. The number of aldehydes is 1. The van der Waals surface area contributed by atoms with Crippen LogP contribution in [0, 0.1) is 11.6 Å². The molecule has 4 heteroatoms. The largest absolute Gasteiger partial charge is 0.496 e. The Morgan fingerprint density at radius 1 is 1.50 bits per heavy atom. The fourth-order valence-electron chi connectivity index (χ4n) is 1.33. The number of halogens is 2. The van der Waals surface area contributed by atoms with Crippen molar-refractivity contribution in [3.63, 3.8) is 0 Å². The average molecular weight is 200 g/mol. The number of carbonyl (C=O) groups is 1. The molecule has 0 aromatic heterocycles. The van der Waals surface area contributed by atoms with E-state index in [-0.39, 0.29) is 11.3 Å². The van der Waals surface area contributed by atoms with E-state index in [1.807, 2.05) is 0 Å². The van der Waals surface area contributed by atoms with Gasteiger partial charge in [-0.2, -0.15) is 0 Å². The second kappa shape index (κ2) is 4.17. The number of rotatable bonds is 3. The zero-order chi connectivity index (χ0) is 10.7. The van der Waals surface area contributed by atoms with Gasteiger partial charge in [0.05, 0.1) is 12.7 Å². The highest BCUT2D eigenvalue weighted by Gasteiger charge is 2.17. The zero-order valence-electron chi connectivity index (χ0n) is 7.93. The summed E-state index contributed by atoms with van der Waals surface area (Å²) in [4.78, 5) is 10.6. The van der Waals surface area contributed by atoms with E-state index in [4.69, 9.17) is 4.74 Å². The van der Waals surface area contributed by atoms with Gasteiger partial charge >= 0.3 is 0 Å². The third-order valence-electron chi connectivity index (χ3n) is 2.02. The van der Waals surface area contributed by atoms with Crippen molar-refractivity contribution in [1.82, 2.24) is 0 Å². The number of benzene rings is 1. The van der Waals surface area contributed by atoms with E-state index in [1.54, 1.807) is 6.92 Å². The van der Waals surface area contributed by atoms with Crippen molar-refractivity contribution in [2.45, 2.75) is 13.3 Å². The molecule has 0 heterocycles. The van der Waals surface area contributed by atoms with Gasteiger partial charge in [-0.3, -0.25) is 4.79 Å². The van der Waals surface area contributed by atoms with Crippen molar-refractivity contribution < 1.29 is 18.3 Å². The van der Waals surface area contributed by atoms with Crippen molar-refractivity contribution in [3.8, 4) is 5.75 Å². The van der Waals surface area contributed by atoms with Crippen LogP contribution in [0.3, 0.4) is 0 Å². The Hall–Kier alpha value is -1.45. The topological polar surface area (TPSA) is 26.3 Å². The summed E-state index contributed by atoms with van der Waals surface area (Å²) >= 11 is 0. The van der Waals surface area contributed by atoms with E-state index >= 15 is 0 Å². The Kier molecular flexibility index (Phi) is 3.17. The molecule has 0 N–H and O–H groups in total. The Balaban J connectivity index is 3.49. The van der Waals surface area contributed by atoms with Crippen molar-refractivity contribution >= 4 is 6.29 Å². The van der Waals surface area contributed by atoms with E-state index in [0.29, 0.717) is 18.3 Å². The first-order valence-corrected chi connectivity index (χ1v) is 4.15.